The Morgan fingerprint density at radius 3 is 2.85 bits per heavy atom. The first-order valence-electron chi connectivity index (χ1n) is 5.27. The summed E-state index contributed by atoms with van der Waals surface area (Å²) in [5.41, 5.74) is 5.79. The number of aliphatic imine (C=N–C) groups is 1. The molecule has 1 aliphatic rings. The van der Waals surface area contributed by atoms with Crippen LogP contribution in [0.25, 0.3) is 0 Å². The van der Waals surface area contributed by atoms with Gasteiger partial charge >= 0.3 is 0 Å². The summed E-state index contributed by atoms with van der Waals surface area (Å²) in [6.45, 7) is 8.53. The van der Waals surface area contributed by atoms with Gasteiger partial charge in [-0.15, -0.1) is 0 Å². The molecule has 0 amide bonds. The number of hydrogen-bond acceptors (Lipinski definition) is 3. The quantitative estimate of drug-likeness (QED) is 0.716. The molecule has 0 aromatic carbocycles. The van der Waals surface area contributed by atoms with E-state index in [2.05, 4.69) is 30.7 Å². The van der Waals surface area contributed by atoms with Crippen LogP contribution in [0.15, 0.2) is 4.99 Å². The minimum atomic E-state index is 0.546. The minimum absolute atomic E-state index is 0.546. The van der Waals surface area contributed by atoms with Gasteiger partial charge < -0.3 is 10.6 Å². The van der Waals surface area contributed by atoms with Crippen molar-refractivity contribution in [3.63, 3.8) is 0 Å². The first kappa shape index (κ1) is 10.4. The fraction of sp³-hybridized carbons (Fsp3) is 0.900. The van der Waals surface area contributed by atoms with Gasteiger partial charge in [-0.1, -0.05) is 20.3 Å². The van der Waals surface area contributed by atoms with E-state index >= 15 is 0 Å². The molecule has 0 bridgehead atoms. The predicted molar refractivity (Wildman–Crippen MR) is 56.7 cm³/mol. The monoisotopic (exact) mass is 183 g/mol. The highest BCUT2D eigenvalue weighted by molar-refractivity contribution is 5.80. The van der Waals surface area contributed by atoms with Crippen LogP contribution in [0.4, 0.5) is 0 Å². The molecule has 2 unspecified atom stereocenters. The Bertz CT molecular complexity index is 189. The normalized spacial score (nSPS) is 24.7. The van der Waals surface area contributed by atoms with E-state index in [-0.39, 0.29) is 0 Å². The van der Waals surface area contributed by atoms with Gasteiger partial charge in [0.1, 0.15) is 0 Å². The average molecular weight is 183 g/mol. The molecule has 0 aromatic rings. The lowest BCUT2D eigenvalue weighted by Gasteiger charge is -2.29. The number of likely N-dealkylation sites (N-methyl/N-ethyl adjacent to an activating group) is 1. The highest BCUT2D eigenvalue weighted by Gasteiger charge is 2.28. The first-order valence-corrected chi connectivity index (χ1v) is 5.27. The van der Waals surface area contributed by atoms with Crippen molar-refractivity contribution in [3.8, 4) is 0 Å². The topological polar surface area (TPSA) is 41.6 Å². The molecule has 0 radical (unpaired) electrons. The van der Waals surface area contributed by atoms with Gasteiger partial charge in [0.25, 0.3) is 0 Å². The Hall–Kier alpha value is -0.730. The van der Waals surface area contributed by atoms with Crippen LogP contribution in [0.3, 0.4) is 0 Å². The third-order valence-electron chi connectivity index (χ3n) is 2.88. The van der Waals surface area contributed by atoms with E-state index < -0.39 is 0 Å². The molecule has 1 heterocycles. The van der Waals surface area contributed by atoms with E-state index in [1.165, 1.54) is 12.8 Å². The van der Waals surface area contributed by atoms with Crippen LogP contribution >= 0.6 is 0 Å². The average Bonchev–Trinajstić information content (AvgIpc) is 2.47. The molecule has 0 spiro atoms. The van der Waals surface area contributed by atoms with Crippen molar-refractivity contribution in [1.29, 1.82) is 0 Å². The standard InChI is InChI=1S/C10H21N3/c1-4-6-8(3)9-7-12-10(11)13(9)5-2/h8-9H,4-7H2,1-3H3,(H2,11,12). The Morgan fingerprint density at radius 1 is 1.62 bits per heavy atom. The molecule has 3 nitrogen and oxygen atoms in total. The molecule has 0 aliphatic carbocycles. The Balaban J connectivity index is 2.52. The lowest BCUT2D eigenvalue weighted by Crippen LogP contribution is -2.43. The first-order chi connectivity index (χ1) is 6.20. The van der Waals surface area contributed by atoms with Crippen molar-refractivity contribution < 1.29 is 0 Å². The fourth-order valence-electron chi connectivity index (χ4n) is 2.08. The molecule has 3 heteroatoms. The summed E-state index contributed by atoms with van der Waals surface area (Å²) in [4.78, 5) is 6.52. The van der Waals surface area contributed by atoms with Crippen molar-refractivity contribution >= 4 is 5.96 Å². The van der Waals surface area contributed by atoms with E-state index in [4.69, 9.17) is 5.73 Å². The van der Waals surface area contributed by atoms with E-state index in [0.29, 0.717) is 12.0 Å². The lowest BCUT2D eigenvalue weighted by atomic mass is 9.96. The Morgan fingerprint density at radius 2 is 2.31 bits per heavy atom. The molecule has 0 saturated heterocycles. The third-order valence-corrected chi connectivity index (χ3v) is 2.88. The zero-order chi connectivity index (χ0) is 9.84. The van der Waals surface area contributed by atoms with E-state index in [1.54, 1.807) is 0 Å². The van der Waals surface area contributed by atoms with E-state index in [0.717, 1.165) is 19.0 Å². The van der Waals surface area contributed by atoms with Crippen LogP contribution in [0.1, 0.15) is 33.6 Å². The minimum Gasteiger partial charge on any atom is -0.370 e. The summed E-state index contributed by atoms with van der Waals surface area (Å²) in [5, 5.41) is 0. The van der Waals surface area contributed by atoms with Gasteiger partial charge in [0.2, 0.25) is 0 Å². The largest absolute Gasteiger partial charge is 0.370 e. The number of rotatable bonds is 4. The molecule has 1 aliphatic heterocycles. The second kappa shape index (κ2) is 4.49. The fourth-order valence-corrected chi connectivity index (χ4v) is 2.08. The van der Waals surface area contributed by atoms with Crippen molar-refractivity contribution in [2.45, 2.75) is 39.7 Å². The summed E-state index contributed by atoms with van der Waals surface area (Å²) in [6.07, 6.45) is 2.51. The molecule has 2 atom stereocenters. The summed E-state index contributed by atoms with van der Waals surface area (Å²) in [7, 11) is 0. The molecule has 0 aromatic heterocycles. The zero-order valence-corrected chi connectivity index (χ0v) is 8.95. The number of guanidine groups is 1. The van der Waals surface area contributed by atoms with Gasteiger partial charge in [0.15, 0.2) is 5.96 Å². The number of nitrogens with two attached hydrogens (primary N) is 1. The van der Waals surface area contributed by atoms with Gasteiger partial charge in [-0.25, -0.2) is 0 Å². The van der Waals surface area contributed by atoms with Gasteiger partial charge in [-0.05, 0) is 19.3 Å². The van der Waals surface area contributed by atoms with Crippen LogP contribution in [-0.4, -0.2) is 30.0 Å². The molecule has 0 fully saturated rings. The number of nitrogens with zero attached hydrogens (tertiary/aromatic N) is 2. The summed E-state index contributed by atoms with van der Waals surface area (Å²) in [5.74, 6) is 1.44. The van der Waals surface area contributed by atoms with Crippen LogP contribution in [0.5, 0.6) is 0 Å². The molecule has 13 heavy (non-hydrogen) atoms. The van der Waals surface area contributed by atoms with Crippen LogP contribution < -0.4 is 5.73 Å². The molecule has 76 valence electrons. The molecular formula is C10H21N3. The molecule has 1 rings (SSSR count). The highest BCUT2D eigenvalue weighted by atomic mass is 15.3. The maximum atomic E-state index is 5.79. The van der Waals surface area contributed by atoms with E-state index in [1.807, 2.05) is 0 Å². The van der Waals surface area contributed by atoms with Crippen molar-refractivity contribution in [2.24, 2.45) is 16.6 Å². The van der Waals surface area contributed by atoms with Crippen molar-refractivity contribution in [1.82, 2.24) is 4.90 Å². The summed E-state index contributed by atoms with van der Waals surface area (Å²) in [6, 6.07) is 0.546. The molecule has 0 saturated carbocycles. The maximum absolute atomic E-state index is 5.79. The highest BCUT2D eigenvalue weighted by Crippen LogP contribution is 2.20. The second-order valence-electron chi connectivity index (χ2n) is 3.82. The number of hydrogen-bond donors (Lipinski definition) is 1. The van der Waals surface area contributed by atoms with Gasteiger partial charge in [-0.2, -0.15) is 0 Å². The lowest BCUT2D eigenvalue weighted by molar-refractivity contribution is 0.259. The maximum Gasteiger partial charge on any atom is 0.191 e. The van der Waals surface area contributed by atoms with Gasteiger partial charge in [0, 0.05) is 6.54 Å². The SMILES string of the molecule is CCCC(C)C1CN=C(N)N1CC. The predicted octanol–water partition coefficient (Wildman–Crippen LogP) is 1.44. The van der Waals surface area contributed by atoms with Crippen molar-refractivity contribution in [3.05, 3.63) is 0 Å². The van der Waals surface area contributed by atoms with Crippen LogP contribution in [-0.2, 0) is 0 Å². The van der Waals surface area contributed by atoms with Crippen LogP contribution in [0.2, 0.25) is 0 Å². The molecular weight excluding hydrogens is 162 g/mol. The summed E-state index contributed by atoms with van der Waals surface area (Å²) < 4.78 is 0. The third kappa shape index (κ3) is 2.14. The van der Waals surface area contributed by atoms with Crippen molar-refractivity contribution in [2.75, 3.05) is 13.1 Å². The van der Waals surface area contributed by atoms with Gasteiger partial charge in [-0.3, -0.25) is 4.99 Å². The zero-order valence-electron chi connectivity index (χ0n) is 8.95. The van der Waals surface area contributed by atoms with Crippen LogP contribution in [0, 0.1) is 5.92 Å². The van der Waals surface area contributed by atoms with E-state index in [9.17, 15) is 0 Å². The smallest absolute Gasteiger partial charge is 0.191 e. The molecule has 2 N–H and O–H groups in total. The van der Waals surface area contributed by atoms with Gasteiger partial charge in [0.05, 0.1) is 12.6 Å². The second-order valence-corrected chi connectivity index (χ2v) is 3.82. The summed E-state index contributed by atoms with van der Waals surface area (Å²) >= 11 is 0. The Kier molecular flexibility index (Phi) is 3.58. The Labute approximate surface area is 81.0 Å².